The summed E-state index contributed by atoms with van der Waals surface area (Å²) in [6.45, 7) is 9.05. The van der Waals surface area contributed by atoms with Gasteiger partial charge in [0.25, 0.3) is 0 Å². The highest BCUT2D eigenvalue weighted by Crippen LogP contribution is 2.56. The largest absolute Gasteiger partial charge is 1.00 e. The Hall–Kier alpha value is -2.76. The quantitative estimate of drug-likeness (QED) is 0.451. The molecule has 0 saturated heterocycles. The summed E-state index contributed by atoms with van der Waals surface area (Å²) >= 11 is 0. The number of hydrogen-bond donors (Lipinski definition) is 0. The van der Waals surface area contributed by atoms with Crippen LogP contribution in [0.2, 0.25) is 0 Å². The molecule has 0 fully saturated rings. The predicted octanol–water partition coefficient (Wildman–Crippen LogP) is 2.54. The van der Waals surface area contributed by atoms with Gasteiger partial charge in [0.15, 0.2) is 0 Å². The smallest absolute Gasteiger partial charge is 0.145 e. The fourth-order valence-electron chi connectivity index (χ4n) is 4.54. The Morgan fingerprint density at radius 3 is 0.767 bits per heavy atom. The highest BCUT2D eigenvalue weighted by Gasteiger charge is 2.51. The predicted molar refractivity (Wildman–Crippen MR) is 130 cm³/mol. The number of halogens is 1. The van der Waals surface area contributed by atoms with Crippen molar-refractivity contribution in [3.8, 4) is 0 Å². The standard InChI is InChI=1S/C28H28P.FH/c1-21-13-5-9-17-25(21)29(26-18-10-6-14-22(26)2,27-19-11-7-15-23(27)3)28-20-12-8-16-24(28)4;/h5-20H,1-4H3;1H/q+1;/p-1. The lowest BCUT2D eigenvalue weighted by Gasteiger charge is -2.31. The van der Waals surface area contributed by atoms with Gasteiger partial charge in [-0.15, -0.1) is 0 Å². The van der Waals surface area contributed by atoms with Crippen molar-refractivity contribution in [1.82, 2.24) is 0 Å². The Morgan fingerprint density at radius 2 is 0.567 bits per heavy atom. The van der Waals surface area contributed by atoms with E-state index in [1.165, 1.54) is 43.5 Å². The molecule has 0 spiro atoms. The van der Waals surface area contributed by atoms with Crippen molar-refractivity contribution in [2.24, 2.45) is 0 Å². The van der Waals surface area contributed by atoms with E-state index in [1.807, 2.05) is 0 Å². The molecular weight excluding hydrogens is 386 g/mol. The second-order valence-electron chi connectivity index (χ2n) is 7.82. The molecule has 152 valence electrons. The normalized spacial score (nSPS) is 11.1. The maximum atomic E-state index is 2.36. The monoisotopic (exact) mass is 414 g/mol. The Kier molecular flexibility index (Phi) is 6.54. The van der Waals surface area contributed by atoms with Crippen LogP contribution in [0.25, 0.3) is 0 Å². The molecule has 0 N–H and O–H groups in total. The van der Waals surface area contributed by atoms with Gasteiger partial charge in [-0.3, -0.25) is 0 Å². The van der Waals surface area contributed by atoms with Crippen LogP contribution in [0.5, 0.6) is 0 Å². The van der Waals surface area contributed by atoms with Gasteiger partial charge >= 0.3 is 0 Å². The van der Waals surface area contributed by atoms with E-state index in [0.717, 1.165) is 0 Å². The topological polar surface area (TPSA) is 0 Å². The fraction of sp³-hybridized carbons (Fsp3) is 0.143. The summed E-state index contributed by atoms with van der Waals surface area (Å²) in [7, 11) is -2.06. The molecule has 0 aliphatic rings. The Labute approximate surface area is 180 Å². The van der Waals surface area contributed by atoms with Crippen molar-refractivity contribution in [1.29, 1.82) is 0 Å². The van der Waals surface area contributed by atoms with E-state index >= 15 is 0 Å². The molecule has 2 heteroatoms. The van der Waals surface area contributed by atoms with Crippen molar-refractivity contribution in [2.45, 2.75) is 27.7 Å². The van der Waals surface area contributed by atoms with E-state index in [2.05, 4.69) is 125 Å². The third kappa shape index (κ3) is 3.48. The summed E-state index contributed by atoms with van der Waals surface area (Å²) in [5.74, 6) is 0. The average molecular weight is 415 g/mol. The molecule has 4 rings (SSSR count). The maximum absolute atomic E-state index is 2.36. The van der Waals surface area contributed by atoms with Crippen molar-refractivity contribution in [2.75, 3.05) is 0 Å². The van der Waals surface area contributed by atoms with Gasteiger partial charge in [-0.1, -0.05) is 72.8 Å². The van der Waals surface area contributed by atoms with Crippen LogP contribution in [-0.2, 0) is 0 Å². The molecule has 0 saturated carbocycles. The number of aryl methyl sites for hydroxylation is 4. The van der Waals surface area contributed by atoms with Crippen LogP contribution in [0.3, 0.4) is 0 Å². The number of benzene rings is 4. The lowest BCUT2D eigenvalue weighted by atomic mass is 10.2. The third-order valence-corrected chi connectivity index (χ3v) is 10.8. The van der Waals surface area contributed by atoms with Crippen LogP contribution in [0.15, 0.2) is 97.1 Å². The molecule has 0 bridgehead atoms. The number of rotatable bonds is 4. The lowest BCUT2D eigenvalue weighted by molar-refractivity contribution is -0.00000587. The highest BCUT2D eigenvalue weighted by atomic mass is 31.2. The van der Waals surface area contributed by atoms with Gasteiger partial charge in [0.2, 0.25) is 0 Å². The van der Waals surface area contributed by atoms with Crippen LogP contribution < -0.4 is 25.9 Å². The zero-order valence-electron chi connectivity index (χ0n) is 18.1. The molecule has 0 nitrogen and oxygen atoms in total. The van der Waals surface area contributed by atoms with Gasteiger partial charge < -0.3 is 4.70 Å². The summed E-state index contributed by atoms with van der Waals surface area (Å²) in [5, 5.41) is 5.83. The fourth-order valence-corrected chi connectivity index (χ4v) is 9.75. The van der Waals surface area contributed by atoms with Gasteiger partial charge in [-0.25, -0.2) is 0 Å². The first kappa shape index (κ1) is 21.9. The van der Waals surface area contributed by atoms with Crippen molar-refractivity contribution in [3.05, 3.63) is 119 Å². The van der Waals surface area contributed by atoms with E-state index < -0.39 is 7.26 Å². The van der Waals surface area contributed by atoms with Crippen molar-refractivity contribution >= 4 is 28.5 Å². The Bertz CT molecular complexity index is 975. The molecule has 0 unspecified atom stereocenters. The second-order valence-corrected chi connectivity index (χ2v) is 11.1. The van der Waals surface area contributed by atoms with E-state index in [9.17, 15) is 0 Å². The van der Waals surface area contributed by atoms with Crippen LogP contribution in [-0.4, -0.2) is 0 Å². The second kappa shape index (κ2) is 8.94. The van der Waals surface area contributed by atoms with Crippen LogP contribution >= 0.6 is 7.26 Å². The molecule has 4 aromatic carbocycles. The Morgan fingerprint density at radius 1 is 0.367 bits per heavy atom. The SMILES string of the molecule is Cc1ccccc1[P+](c1ccccc1C)(c1ccccc1C)c1ccccc1C.[F-]. The molecule has 0 heterocycles. The van der Waals surface area contributed by atoms with Crippen LogP contribution in [0.1, 0.15) is 22.3 Å². The van der Waals surface area contributed by atoms with E-state index in [0.29, 0.717) is 0 Å². The third-order valence-electron chi connectivity index (χ3n) is 5.91. The van der Waals surface area contributed by atoms with Crippen LogP contribution in [0.4, 0.5) is 0 Å². The summed E-state index contributed by atoms with van der Waals surface area (Å²) < 4.78 is 0. The molecule has 0 amide bonds. The molecular formula is C28H28FP. The average Bonchev–Trinajstić information content (AvgIpc) is 2.73. The molecule has 0 aromatic heterocycles. The number of hydrogen-bond acceptors (Lipinski definition) is 0. The lowest BCUT2D eigenvalue weighted by Crippen LogP contribution is -3.00. The molecule has 30 heavy (non-hydrogen) atoms. The van der Waals surface area contributed by atoms with Crippen molar-refractivity contribution in [3.63, 3.8) is 0 Å². The van der Waals surface area contributed by atoms with Gasteiger partial charge in [0.1, 0.15) is 28.5 Å². The van der Waals surface area contributed by atoms with Crippen molar-refractivity contribution < 1.29 is 4.70 Å². The summed E-state index contributed by atoms with van der Waals surface area (Å²) in [6.07, 6.45) is 0. The molecule has 0 aliphatic heterocycles. The molecule has 0 atom stereocenters. The van der Waals surface area contributed by atoms with Gasteiger partial charge in [-0.2, -0.15) is 0 Å². The first-order chi connectivity index (χ1) is 14.1. The van der Waals surface area contributed by atoms with E-state index in [1.54, 1.807) is 0 Å². The summed E-state index contributed by atoms with van der Waals surface area (Å²) in [6, 6.07) is 35.9. The van der Waals surface area contributed by atoms with E-state index in [-0.39, 0.29) is 4.70 Å². The minimum atomic E-state index is -2.06. The first-order valence-corrected chi connectivity index (χ1v) is 12.0. The highest BCUT2D eigenvalue weighted by molar-refractivity contribution is 8.01. The van der Waals surface area contributed by atoms with Crippen LogP contribution in [0, 0.1) is 27.7 Å². The van der Waals surface area contributed by atoms with Gasteiger partial charge in [-0.05, 0) is 74.2 Å². The van der Waals surface area contributed by atoms with E-state index in [4.69, 9.17) is 0 Å². The molecule has 4 aromatic rings. The summed E-state index contributed by atoms with van der Waals surface area (Å²) in [5.41, 5.74) is 5.43. The molecule has 0 aliphatic carbocycles. The van der Waals surface area contributed by atoms with Gasteiger partial charge in [0.05, 0.1) is 0 Å². The first-order valence-electron chi connectivity index (χ1n) is 10.2. The zero-order chi connectivity index (χ0) is 20.4. The minimum absolute atomic E-state index is 0. The summed E-state index contributed by atoms with van der Waals surface area (Å²) in [4.78, 5) is 0. The zero-order valence-corrected chi connectivity index (χ0v) is 19.0. The minimum Gasteiger partial charge on any atom is -1.00 e. The molecule has 0 radical (unpaired) electrons. The van der Waals surface area contributed by atoms with Gasteiger partial charge in [0, 0.05) is 0 Å². The maximum Gasteiger partial charge on any atom is 0.145 e. The Balaban J connectivity index is 0.00000256.